The third-order valence-electron chi connectivity index (χ3n) is 4.31. The Kier molecular flexibility index (Phi) is 5.50. The van der Waals surface area contributed by atoms with Crippen molar-refractivity contribution in [2.24, 2.45) is 0 Å². The van der Waals surface area contributed by atoms with Crippen LogP contribution in [0.3, 0.4) is 0 Å². The number of aromatic nitrogens is 4. The number of hydrogen-bond acceptors (Lipinski definition) is 7. The molecule has 0 aliphatic carbocycles. The van der Waals surface area contributed by atoms with Gasteiger partial charge in [-0.3, -0.25) is 10.1 Å². The Morgan fingerprint density at radius 2 is 1.90 bits per heavy atom. The lowest BCUT2D eigenvalue weighted by molar-refractivity contribution is -0.384. The summed E-state index contributed by atoms with van der Waals surface area (Å²) in [7, 11) is 0. The highest BCUT2D eigenvalue weighted by molar-refractivity contribution is 6.28. The van der Waals surface area contributed by atoms with Crippen molar-refractivity contribution < 1.29 is 14.1 Å². The summed E-state index contributed by atoms with van der Waals surface area (Å²) in [5.74, 6) is -0.705. The lowest BCUT2D eigenvalue weighted by atomic mass is 10.0. The minimum atomic E-state index is -0.650. The molecule has 0 saturated heterocycles. The third kappa shape index (κ3) is 4.46. The smallest absolute Gasteiger partial charge is 0.322 e. The van der Waals surface area contributed by atoms with Gasteiger partial charge in [0.1, 0.15) is 0 Å². The first-order chi connectivity index (χ1) is 14.9. The van der Waals surface area contributed by atoms with Crippen LogP contribution in [0.25, 0.3) is 22.4 Å². The molecule has 2 aromatic carbocycles. The minimum Gasteiger partial charge on any atom is -0.421 e. The number of rotatable bonds is 5. The van der Waals surface area contributed by atoms with Crippen LogP contribution in [0.5, 0.6) is 11.8 Å². The quantitative estimate of drug-likeness (QED) is 0.234. The highest BCUT2D eigenvalue weighted by Gasteiger charge is 2.16. The number of non-ortho nitro benzene ring substituents is 1. The van der Waals surface area contributed by atoms with E-state index in [-0.39, 0.29) is 22.7 Å². The van der Waals surface area contributed by atoms with Crippen molar-refractivity contribution in [2.75, 3.05) is 0 Å². The molecule has 0 fully saturated rings. The summed E-state index contributed by atoms with van der Waals surface area (Å²) < 4.78 is 20.2. The zero-order valence-electron chi connectivity index (χ0n) is 16.0. The van der Waals surface area contributed by atoms with Crippen LogP contribution < -0.4 is 4.74 Å². The summed E-state index contributed by atoms with van der Waals surface area (Å²) in [6.45, 7) is 1.77. The monoisotopic (exact) mass is 437 g/mol. The first-order valence-electron chi connectivity index (χ1n) is 8.95. The molecule has 31 heavy (non-hydrogen) atoms. The molecule has 154 valence electrons. The molecule has 0 atom stereocenters. The number of ether oxygens (including phenoxy) is 1. The van der Waals surface area contributed by atoms with E-state index in [1.807, 2.05) is 0 Å². The van der Waals surface area contributed by atoms with Crippen LogP contribution >= 0.6 is 11.6 Å². The van der Waals surface area contributed by atoms with Gasteiger partial charge < -0.3 is 4.74 Å². The molecular weight excluding hydrogens is 425 g/mol. The zero-order valence-corrected chi connectivity index (χ0v) is 16.7. The third-order valence-corrected chi connectivity index (χ3v) is 4.49. The first-order valence-corrected chi connectivity index (χ1v) is 9.33. The topological polar surface area (TPSA) is 104 Å². The van der Waals surface area contributed by atoms with Crippen molar-refractivity contribution in [1.29, 1.82) is 0 Å². The van der Waals surface area contributed by atoms with E-state index in [1.54, 1.807) is 25.1 Å². The number of benzene rings is 2. The predicted molar refractivity (Wildman–Crippen MR) is 111 cm³/mol. The summed E-state index contributed by atoms with van der Waals surface area (Å²) in [5, 5.41) is 11.1. The van der Waals surface area contributed by atoms with E-state index >= 15 is 0 Å². The van der Waals surface area contributed by atoms with Crippen molar-refractivity contribution >= 4 is 17.3 Å². The van der Waals surface area contributed by atoms with Crippen LogP contribution in [0.1, 0.15) is 5.69 Å². The summed E-state index contributed by atoms with van der Waals surface area (Å²) >= 11 is 5.95. The second-order valence-corrected chi connectivity index (χ2v) is 6.77. The fourth-order valence-electron chi connectivity index (χ4n) is 2.88. The van der Waals surface area contributed by atoms with Gasteiger partial charge in [0.15, 0.2) is 11.6 Å². The van der Waals surface area contributed by atoms with Crippen LogP contribution in [0, 0.1) is 22.9 Å². The van der Waals surface area contributed by atoms with E-state index in [4.69, 9.17) is 16.3 Å². The van der Waals surface area contributed by atoms with Crippen molar-refractivity contribution in [2.45, 2.75) is 6.92 Å². The SMILES string of the molecule is Cc1ccnc(Oc2ccc(-c3cnc(Cl)nc3-c3cccc([N+](=O)[O-])c3)cc2F)n1. The molecule has 10 heteroatoms. The lowest BCUT2D eigenvalue weighted by Gasteiger charge is -2.11. The van der Waals surface area contributed by atoms with Gasteiger partial charge in [-0.2, -0.15) is 0 Å². The highest BCUT2D eigenvalue weighted by atomic mass is 35.5. The van der Waals surface area contributed by atoms with Gasteiger partial charge in [0.25, 0.3) is 5.69 Å². The fourth-order valence-corrected chi connectivity index (χ4v) is 3.02. The van der Waals surface area contributed by atoms with Gasteiger partial charge in [0.2, 0.25) is 5.28 Å². The molecule has 4 aromatic rings. The van der Waals surface area contributed by atoms with E-state index < -0.39 is 10.7 Å². The standard InChI is InChI=1S/C21H13ClFN5O3/c1-12-7-8-24-21(26-12)31-18-6-5-13(10-17(18)23)16-11-25-20(22)27-19(16)14-3-2-4-15(9-14)28(29)30/h2-11H,1H3. The van der Waals surface area contributed by atoms with E-state index in [0.29, 0.717) is 28.1 Å². The van der Waals surface area contributed by atoms with Gasteiger partial charge in [-0.15, -0.1) is 0 Å². The number of nitro groups is 1. The van der Waals surface area contributed by atoms with Crippen molar-refractivity contribution in [3.63, 3.8) is 0 Å². The molecule has 0 aliphatic rings. The van der Waals surface area contributed by atoms with Gasteiger partial charge in [-0.25, -0.2) is 24.3 Å². The number of nitro benzene ring substituents is 1. The van der Waals surface area contributed by atoms with E-state index in [2.05, 4.69) is 19.9 Å². The Morgan fingerprint density at radius 3 is 2.65 bits per heavy atom. The predicted octanol–water partition coefficient (Wildman–Crippen LogP) is 5.40. The minimum absolute atomic E-state index is 0.0266. The molecule has 0 amide bonds. The van der Waals surface area contributed by atoms with Crippen LogP contribution in [-0.2, 0) is 0 Å². The molecule has 0 N–H and O–H groups in total. The average molecular weight is 438 g/mol. The van der Waals surface area contributed by atoms with Crippen LogP contribution in [0.2, 0.25) is 5.28 Å². The van der Waals surface area contributed by atoms with Gasteiger partial charge in [-0.05, 0) is 42.3 Å². The molecule has 0 saturated carbocycles. The molecular formula is C21H13ClFN5O3. The zero-order chi connectivity index (χ0) is 22.0. The average Bonchev–Trinajstić information content (AvgIpc) is 2.75. The molecule has 8 nitrogen and oxygen atoms in total. The summed E-state index contributed by atoms with van der Waals surface area (Å²) in [4.78, 5) is 26.8. The molecule has 0 radical (unpaired) electrons. The summed E-state index contributed by atoms with van der Waals surface area (Å²) in [6.07, 6.45) is 2.95. The van der Waals surface area contributed by atoms with Gasteiger partial charge in [0, 0.05) is 41.3 Å². The molecule has 2 aromatic heterocycles. The van der Waals surface area contributed by atoms with Crippen LogP contribution in [-0.4, -0.2) is 24.9 Å². The Hall–Kier alpha value is -3.98. The fraction of sp³-hybridized carbons (Fsp3) is 0.0476. The number of nitrogens with zero attached hydrogens (tertiary/aromatic N) is 5. The normalized spacial score (nSPS) is 10.7. The van der Waals surface area contributed by atoms with Crippen LogP contribution in [0.15, 0.2) is 60.9 Å². The summed E-state index contributed by atoms with van der Waals surface area (Å²) in [5.41, 5.74) is 2.24. The largest absolute Gasteiger partial charge is 0.421 e. The van der Waals surface area contributed by atoms with Gasteiger partial charge in [0.05, 0.1) is 10.6 Å². The maximum absolute atomic E-state index is 14.8. The number of aryl methyl sites for hydroxylation is 1. The van der Waals surface area contributed by atoms with Gasteiger partial charge >= 0.3 is 6.01 Å². The second kappa shape index (κ2) is 8.41. The highest BCUT2D eigenvalue weighted by Crippen LogP contribution is 2.34. The maximum Gasteiger partial charge on any atom is 0.322 e. The molecule has 0 unspecified atom stereocenters. The Bertz CT molecular complexity index is 1300. The Balaban J connectivity index is 1.74. The number of hydrogen-bond donors (Lipinski definition) is 0. The number of halogens is 2. The molecule has 0 spiro atoms. The molecule has 4 rings (SSSR count). The Labute approximate surface area is 180 Å². The van der Waals surface area contributed by atoms with E-state index in [0.717, 1.165) is 0 Å². The first kappa shape index (κ1) is 20.3. The second-order valence-electron chi connectivity index (χ2n) is 6.44. The molecule has 2 heterocycles. The van der Waals surface area contributed by atoms with Crippen molar-refractivity contribution in [3.05, 3.63) is 87.8 Å². The molecule has 0 aliphatic heterocycles. The lowest BCUT2D eigenvalue weighted by Crippen LogP contribution is -1.97. The van der Waals surface area contributed by atoms with Crippen molar-refractivity contribution in [3.8, 4) is 34.1 Å². The Morgan fingerprint density at radius 1 is 1.06 bits per heavy atom. The maximum atomic E-state index is 14.8. The molecule has 0 bridgehead atoms. The summed E-state index contributed by atoms with van der Waals surface area (Å²) in [6, 6.07) is 11.9. The van der Waals surface area contributed by atoms with Crippen LogP contribution in [0.4, 0.5) is 10.1 Å². The van der Waals surface area contributed by atoms with Gasteiger partial charge in [-0.1, -0.05) is 18.2 Å². The van der Waals surface area contributed by atoms with Crippen molar-refractivity contribution in [1.82, 2.24) is 19.9 Å². The van der Waals surface area contributed by atoms with E-state index in [9.17, 15) is 14.5 Å². The van der Waals surface area contributed by atoms with E-state index in [1.165, 1.54) is 42.7 Å².